The number of halogens is 1. The molecule has 6 nitrogen and oxygen atoms in total. The normalized spacial score (nSPS) is 14.2. The molecule has 1 saturated heterocycles. The lowest BCUT2D eigenvalue weighted by atomic mass is 10.3. The van der Waals surface area contributed by atoms with Crippen LogP contribution in [-0.2, 0) is 9.53 Å². The number of hydrogen-bond acceptors (Lipinski definition) is 7. The summed E-state index contributed by atoms with van der Waals surface area (Å²) in [6.45, 7) is 5.10. The molecular weight excluding hydrogens is 466 g/mol. The predicted molar refractivity (Wildman–Crippen MR) is 135 cm³/mol. The Morgan fingerprint density at radius 2 is 2.00 bits per heavy atom. The maximum atomic E-state index is 13.2. The third kappa shape index (κ3) is 6.59. The van der Waals surface area contributed by atoms with Crippen LogP contribution in [0.5, 0.6) is 5.75 Å². The Balaban J connectivity index is 0.00000289. The van der Waals surface area contributed by atoms with E-state index in [0.29, 0.717) is 12.3 Å². The molecule has 0 unspecified atom stereocenters. The van der Waals surface area contributed by atoms with Gasteiger partial charge in [0, 0.05) is 31.1 Å². The lowest BCUT2D eigenvalue weighted by molar-refractivity contribution is -0.116. The van der Waals surface area contributed by atoms with E-state index in [9.17, 15) is 4.79 Å². The van der Waals surface area contributed by atoms with E-state index >= 15 is 0 Å². The van der Waals surface area contributed by atoms with Crippen LogP contribution in [0, 0.1) is 0 Å². The lowest BCUT2D eigenvalue weighted by Gasteiger charge is -2.27. The Kier molecular flexibility index (Phi) is 9.62. The predicted octanol–water partition coefficient (Wildman–Crippen LogP) is 4.57. The minimum atomic E-state index is 0. The highest BCUT2D eigenvalue weighted by Crippen LogP contribution is 2.32. The summed E-state index contributed by atoms with van der Waals surface area (Å²) in [5.74, 6) is 1.27. The number of anilines is 1. The number of ether oxygens (including phenoxy) is 2. The molecule has 1 fully saturated rings. The minimum absolute atomic E-state index is 0. The van der Waals surface area contributed by atoms with Gasteiger partial charge in [0.2, 0.25) is 5.91 Å². The number of carbonyl (C=O) groups is 1. The van der Waals surface area contributed by atoms with E-state index in [-0.39, 0.29) is 18.3 Å². The average molecular weight is 494 g/mol. The number of aromatic nitrogens is 1. The molecule has 0 radical (unpaired) electrons. The molecule has 1 amide bonds. The van der Waals surface area contributed by atoms with Crippen LogP contribution in [0.4, 0.5) is 5.13 Å². The van der Waals surface area contributed by atoms with Crippen LogP contribution in [0.15, 0.2) is 53.4 Å². The Labute approximate surface area is 203 Å². The molecular formula is C23H28ClN3O3S2. The van der Waals surface area contributed by atoms with E-state index < -0.39 is 0 Å². The highest BCUT2D eigenvalue weighted by Gasteiger charge is 2.21. The van der Waals surface area contributed by atoms with E-state index in [1.54, 1.807) is 30.2 Å². The topological polar surface area (TPSA) is 54.9 Å². The molecule has 32 heavy (non-hydrogen) atoms. The minimum Gasteiger partial charge on any atom is -0.497 e. The first kappa shape index (κ1) is 24.8. The Morgan fingerprint density at radius 1 is 1.22 bits per heavy atom. The average Bonchev–Trinajstić information content (AvgIpc) is 3.24. The Morgan fingerprint density at radius 3 is 2.75 bits per heavy atom. The number of methoxy groups -OCH3 is 1. The zero-order chi connectivity index (χ0) is 21.5. The zero-order valence-electron chi connectivity index (χ0n) is 18.1. The van der Waals surface area contributed by atoms with Crippen LogP contribution < -0.4 is 9.64 Å². The second kappa shape index (κ2) is 12.4. The van der Waals surface area contributed by atoms with Crippen molar-refractivity contribution in [3.63, 3.8) is 0 Å². The Hall–Kier alpha value is -1.84. The van der Waals surface area contributed by atoms with Gasteiger partial charge in [0.25, 0.3) is 0 Å². The number of rotatable bonds is 9. The van der Waals surface area contributed by atoms with E-state index in [1.807, 2.05) is 53.4 Å². The number of thiazole rings is 1. The SMILES string of the molecule is COc1ccc2nc(N(CCCN3CCOCC3)C(=O)CSc3ccccc3)sc2c1.Cl. The molecule has 1 aliphatic heterocycles. The number of morpholine rings is 1. The number of nitrogens with zero attached hydrogens (tertiary/aromatic N) is 3. The van der Waals surface area contributed by atoms with Gasteiger partial charge in [-0.3, -0.25) is 14.6 Å². The van der Waals surface area contributed by atoms with Gasteiger partial charge in [0.15, 0.2) is 5.13 Å². The van der Waals surface area contributed by atoms with Crippen molar-refractivity contribution >= 4 is 56.8 Å². The van der Waals surface area contributed by atoms with E-state index in [2.05, 4.69) is 4.90 Å². The van der Waals surface area contributed by atoms with Crippen LogP contribution in [-0.4, -0.2) is 68.0 Å². The summed E-state index contributed by atoms with van der Waals surface area (Å²) in [6.07, 6.45) is 0.904. The molecule has 0 bridgehead atoms. The largest absolute Gasteiger partial charge is 0.497 e. The van der Waals surface area contributed by atoms with Crippen LogP contribution >= 0.6 is 35.5 Å². The fourth-order valence-corrected chi connectivity index (χ4v) is 5.31. The number of amides is 1. The first-order chi connectivity index (χ1) is 15.2. The van der Waals surface area contributed by atoms with Gasteiger partial charge in [-0.2, -0.15) is 0 Å². The maximum absolute atomic E-state index is 13.2. The smallest absolute Gasteiger partial charge is 0.239 e. The van der Waals surface area contributed by atoms with E-state index in [1.165, 1.54) is 0 Å². The van der Waals surface area contributed by atoms with Crippen molar-refractivity contribution < 1.29 is 14.3 Å². The molecule has 1 aromatic heterocycles. The summed E-state index contributed by atoms with van der Waals surface area (Å²) in [7, 11) is 1.66. The van der Waals surface area contributed by atoms with Crippen molar-refractivity contribution in [1.29, 1.82) is 0 Å². The molecule has 2 heterocycles. The summed E-state index contributed by atoms with van der Waals surface area (Å²) < 4.78 is 11.8. The third-order valence-electron chi connectivity index (χ3n) is 5.18. The second-order valence-corrected chi connectivity index (χ2v) is 9.34. The zero-order valence-corrected chi connectivity index (χ0v) is 20.5. The summed E-state index contributed by atoms with van der Waals surface area (Å²) >= 11 is 3.11. The van der Waals surface area contributed by atoms with E-state index in [0.717, 1.165) is 65.3 Å². The first-order valence-electron chi connectivity index (χ1n) is 10.5. The number of fused-ring (bicyclic) bond motifs is 1. The highest BCUT2D eigenvalue weighted by atomic mass is 35.5. The number of thioether (sulfide) groups is 1. The van der Waals surface area contributed by atoms with Gasteiger partial charge >= 0.3 is 0 Å². The van der Waals surface area contributed by atoms with Gasteiger partial charge in [0.1, 0.15) is 5.75 Å². The molecule has 4 rings (SSSR count). The fourth-order valence-electron chi connectivity index (χ4n) is 3.48. The van der Waals surface area contributed by atoms with Crippen LogP contribution in [0.2, 0.25) is 0 Å². The van der Waals surface area contributed by atoms with E-state index in [4.69, 9.17) is 14.5 Å². The fraction of sp³-hybridized carbons (Fsp3) is 0.391. The number of hydrogen-bond donors (Lipinski definition) is 0. The van der Waals surface area contributed by atoms with Crippen molar-refractivity contribution in [3.8, 4) is 5.75 Å². The Bertz CT molecular complexity index is 997. The van der Waals surface area contributed by atoms with Gasteiger partial charge in [0.05, 0.1) is 36.3 Å². The van der Waals surface area contributed by atoms with Crippen molar-refractivity contribution in [3.05, 3.63) is 48.5 Å². The van der Waals surface area contributed by atoms with Gasteiger partial charge in [-0.25, -0.2) is 4.98 Å². The maximum Gasteiger partial charge on any atom is 0.239 e. The van der Waals surface area contributed by atoms with Gasteiger partial charge < -0.3 is 9.47 Å². The molecule has 0 spiro atoms. The van der Waals surface area contributed by atoms with Gasteiger partial charge in [-0.15, -0.1) is 24.2 Å². The third-order valence-corrected chi connectivity index (χ3v) is 7.22. The summed E-state index contributed by atoms with van der Waals surface area (Å²) in [6, 6.07) is 15.9. The summed E-state index contributed by atoms with van der Waals surface area (Å²) in [5.41, 5.74) is 0.891. The van der Waals surface area contributed by atoms with Crippen LogP contribution in [0.3, 0.4) is 0 Å². The number of benzene rings is 2. The molecule has 2 aromatic carbocycles. The first-order valence-corrected chi connectivity index (χ1v) is 12.3. The molecule has 172 valence electrons. The second-order valence-electron chi connectivity index (χ2n) is 7.28. The molecule has 9 heteroatoms. The number of carbonyl (C=O) groups excluding carboxylic acids is 1. The molecule has 3 aromatic rings. The summed E-state index contributed by atoms with van der Waals surface area (Å²) in [5, 5.41) is 0.754. The lowest BCUT2D eigenvalue weighted by Crippen LogP contribution is -2.39. The monoisotopic (exact) mass is 493 g/mol. The van der Waals surface area contributed by atoms with Crippen molar-refractivity contribution in [1.82, 2.24) is 9.88 Å². The van der Waals surface area contributed by atoms with Crippen molar-refractivity contribution in [2.75, 3.05) is 57.2 Å². The van der Waals surface area contributed by atoms with Crippen LogP contribution in [0.1, 0.15) is 6.42 Å². The van der Waals surface area contributed by atoms with Crippen molar-refractivity contribution in [2.45, 2.75) is 11.3 Å². The molecule has 0 aliphatic carbocycles. The molecule has 0 N–H and O–H groups in total. The van der Waals surface area contributed by atoms with Crippen LogP contribution in [0.25, 0.3) is 10.2 Å². The molecule has 0 atom stereocenters. The molecule has 1 aliphatic rings. The summed E-state index contributed by atoms with van der Waals surface area (Å²) in [4.78, 5) is 23.3. The highest BCUT2D eigenvalue weighted by molar-refractivity contribution is 8.00. The van der Waals surface area contributed by atoms with Gasteiger partial charge in [-0.1, -0.05) is 29.5 Å². The quantitative estimate of drug-likeness (QED) is 0.407. The van der Waals surface area contributed by atoms with Gasteiger partial charge in [-0.05, 0) is 36.8 Å². The van der Waals surface area contributed by atoms with Crippen molar-refractivity contribution in [2.24, 2.45) is 0 Å². The molecule has 0 saturated carbocycles. The standard InChI is InChI=1S/C23H27N3O3S2.ClH/c1-28-18-8-9-20-21(16-18)31-23(24-20)26(11-5-10-25-12-14-29-15-13-25)22(27)17-30-19-6-3-2-4-7-19;/h2-4,6-9,16H,5,10-15,17H2,1H3;1H.